The van der Waals surface area contributed by atoms with Gasteiger partial charge in [-0.1, -0.05) is 41.9 Å². The molecule has 23 heavy (non-hydrogen) atoms. The van der Waals surface area contributed by atoms with Gasteiger partial charge in [0.1, 0.15) is 11.5 Å². The highest BCUT2D eigenvalue weighted by Gasteiger charge is 2.12. The Labute approximate surface area is 140 Å². The maximum atomic E-state index is 12.0. The first kappa shape index (κ1) is 17.0. The lowest BCUT2D eigenvalue weighted by molar-refractivity contribution is 0.252. The van der Waals surface area contributed by atoms with E-state index in [1.165, 1.54) is 14.2 Å². The Balaban J connectivity index is 1.93. The number of urea groups is 1. The zero-order chi connectivity index (χ0) is 16.7. The standard InChI is InChI=1S/C17H19ClN2O3/c1-22-15-11-16(23-2)14(10-13(15)18)20-17(21)19-9-8-12-6-4-3-5-7-12/h3-7,10-11H,8-9H2,1-2H3,(H2,19,20,21). The second-order valence-electron chi connectivity index (χ2n) is 4.80. The zero-order valence-electron chi connectivity index (χ0n) is 13.1. The molecule has 122 valence electrons. The molecule has 0 atom stereocenters. The summed E-state index contributed by atoms with van der Waals surface area (Å²) in [5.41, 5.74) is 1.65. The molecule has 0 aliphatic heterocycles. The first-order valence-corrected chi connectivity index (χ1v) is 7.52. The van der Waals surface area contributed by atoms with Gasteiger partial charge in [0, 0.05) is 12.6 Å². The Kier molecular flexibility index (Phi) is 6.11. The van der Waals surface area contributed by atoms with Crippen molar-refractivity contribution < 1.29 is 14.3 Å². The molecule has 0 aromatic heterocycles. The number of halogens is 1. The quantitative estimate of drug-likeness (QED) is 0.846. The van der Waals surface area contributed by atoms with Crippen LogP contribution in [0.3, 0.4) is 0 Å². The molecule has 2 aromatic carbocycles. The maximum absolute atomic E-state index is 12.0. The van der Waals surface area contributed by atoms with Crippen molar-refractivity contribution in [2.45, 2.75) is 6.42 Å². The Morgan fingerprint density at radius 3 is 2.43 bits per heavy atom. The second-order valence-corrected chi connectivity index (χ2v) is 5.21. The Bertz CT molecular complexity index is 662. The average molecular weight is 335 g/mol. The molecule has 0 heterocycles. The van der Waals surface area contributed by atoms with Gasteiger partial charge in [-0.3, -0.25) is 0 Å². The van der Waals surface area contributed by atoms with Crippen LogP contribution in [0.25, 0.3) is 0 Å². The van der Waals surface area contributed by atoms with Crippen LogP contribution in [0.4, 0.5) is 10.5 Å². The van der Waals surface area contributed by atoms with E-state index in [0.717, 1.165) is 12.0 Å². The summed E-state index contributed by atoms with van der Waals surface area (Å²) in [6.07, 6.45) is 0.759. The first-order valence-electron chi connectivity index (χ1n) is 7.14. The van der Waals surface area contributed by atoms with E-state index in [1.807, 2.05) is 30.3 Å². The van der Waals surface area contributed by atoms with E-state index < -0.39 is 0 Å². The minimum Gasteiger partial charge on any atom is -0.495 e. The molecule has 2 N–H and O–H groups in total. The van der Waals surface area contributed by atoms with Gasteiger partial charge < -0.3 is 20.1 Å². The van der Waals surface area contributed by atoms with Crippen LogP contribution in [0.1, 0.15) is 5.56 Å². The minimum atomic E-state index is -0.319. The lowest BCUT2D eigenvalue weighted by Crippen LogP contribution is -2.30. The molecule has 0 saturated heterocycles. The Morgan fingerprint density at radius 2 is 1.78 bits per heavy atom. The monoisotopic (exact) mass is 334 g/mol. The predicted octanol–water partition coefficient (Wildman–Crippen LogP) is 3.72. The number of ether oxygens (including phenoxy) is 2. The van der Waals surface area contributed by atoms with Crippen LogP contribution in [-0.2, 0) is 6.42 Å². The summed E-state index contributed by atoms with van der Waals surface area (Å²) in [7, 11) is 3.03. The van der Waals surface area contributed by atoms with E-state index in [0.29, 0.717) is 28.8 Å². The van der Waals surface area contributed by atoms with Crippen LogP contribution in [0, 0.1) is 0 Å². The summed E-state index contributed by atoms with van der Waals surface area (Å²) in [4.78, 5) is 12.0. The Hall–Kier alpha value is -2.40. The largest absolute Gasteiger partial charge is 0.495 e. The summed E-state index contributed by atoms with van der Waals surface area (Å²) in [5.74, 6) is 0.961. The highest BCUT2D eigenvalue weighted by molar-refractivity contribution is 6.32. The summed E-state index contributed by atoms with van der Waals surface area (Å²) < 4.78 is 10.4. The number of amides is 2. The molecule has 0 aliphatic rings. The number of carbonyl (C=O) groups is 1. The van der Waals surface area contributed by atoms with Crippen molar-refractivity contribution in [2.75, 3.05) is 26.1 Å². The predicted molar refractivity (Wildman–Crippen MR) is 91.7 cm³/mol. The van der Waals surface area contributed by atoms with Crippen LogP contribution in [0.15, 0.2) is 42.5 Å². The van der Waals surface area contributed by atoms with Crippen molar-refractivity contribution >= 4 is 23.3 Å². The molecule has 0 fully saturated rings. The second kappa shape index (κ2) is 8.29. The van der Waals surface area contributed by atoms with Crippen LogP contribution in [-0.4, -0.2) is 26.8 Å². The zero-order valence-corrected chi connectivity index (χ0v) is 13.8. The number of carbonyl (C=O) groups excluding carboxylic acids is 1. The minimum absolute atomic E-state index is 0.319. The summed E-state index contributed by atoms with van der Waals surface area (Å²) in [6, 6.07) is 12.8. The van der Waals surface area contributed by atoms with Crippen molar-refractivity contribution in [2.24, 2.45) is 0 Å². The number of hydrogen-bond donors (Lipinski definition) is 2. The number of rotatable bonds is 6. The van der Waals surface area contributed by atoms with Crippen LogP contribution < -0.4 is 20.1 Å². The molecule has 0 bridgehead atoms. The van der Waals surface area contributed by atoms with Gasteiger partial charge in [-0.2, -0.15) is 0 Å². The topological polar surface area (TPSA) is 59.6 Å². The van der Waals surface area contributed by atoms with Gasteiger partial charge in [0.15, 0.2) is 0 Å². The van der Waals surface area contributed by atoms with Crippen molar-refractivity contribution in [1.82, 2.24) is 5.32 Å². The third kappa shape index (κ3) is 4.79. The van der Waals surface area contributed by atoms with Gasteiger partial charge >= 0.3 is 6.03 Å². The number of methoxy groups -OCH3 is 2. The highest BCUT2D eigenvalue weighted by Crippen LogP contribution is 2.35. The molecule has 0 spiro atoms. The molecule has 0 radical (unpaired) electrons. The fourth-order valence-electron chi connectivity index (χ4n) is 2.09. The van der Waals surface area contributed by atoms with Crippen molar-refractivity contribution in [1.29, 1.82) is 0 Å². The van der Waals surface area contributed by atoms with E-state index in [-0.39, 0.29) is 6.03 Å². The van der Waals surface area contributed by atoms with E-state index in [4.69, 9.17) is 21.1 Å². The van der Waals surface area contributed by atoms with Crippen LogP contribution in [0.5, 0.6) is 11.5 Å². The summed E-state index contributed by atoms with van der Waals surface area (Å²) in [6.45, 7) is 0.530. The number of nitrogens with one attached hydrogen (secondary N) is 2. The molecule has 0 aliphatic carbocycles. The van der Waals surface area contributed by atoms with Crippen LogP contribution in [0.2, 0.25) is 5.02 Å². The van der Waals surface area contributed by atoms with Gasteiger partial charge in [0.2, 0.25) is 0 Å². The lowest BCUT2D eigenvalue weighted by Gasteiger charge is -2.13. The molecule has 2 amide bonds. The third-order valence-corrected chi connectivity index (χ3v) is 3.56. The summed E-state index contributed by atoms with van der Waals surface area (Å²) >= 11 is 6.07. The lowest BCUT2D eigenvalue weighted by atomic mass is 10.1. The van der Waals surface area contributed by atoms with Gasteiger partial charge in [-0.15, -0.1) is 0 Å². The fourth-order valence-corrected chi connectivity index (χ4v) is 2.33. The number of anilines is 1. The Morgan fingerprint density at radius 1 is 1.09 bits per heavy atom. The molecule has 2 rings (SSSR count). The van der Waals surface area contributed by atoms with Gasteiger partial charge in [0.25, 0.3) is 0 Å². The third-order valence-electron chi connectivity index (χ3n) is 3.26. The van der Waals surface area contributed by atoms with Crippen LogP contribution >= 0.6 is 11.6 Å². The van der Waals surface area contributed by atoms with Crippen molar-refractivity contribution in [3.8, 4) is 11.5 Å². The van der Waals surface area contributed by atoms with Gasteiger partial charge in [-0.25, -0.2) is 4.79 Å². The summed E-state index contributed by atoms with van der Waals surface area (Å²) in [5, 5.41) is 5.92. The van der Waals surface area contributed by atoms with Crippen molar-refractivity contribution in [3.63, 3.8) is 0 Å². The van der Waals surface area contributed by atoms with E-state index in [2.05, 4.69) is 10.6 Å². The molecule has 0 unspecified atom stereocenters. The van der Waals surface area contributed by atoms with Gasteiger partial charge in [0.05, 0.1) is 24.9 Å². The molecule has 0 saturated carbocycles. The fraction of sp³-hybridized carbons (Fsp3) is 0.235. The average Bonchev–Trinajstić information content (AvgIpc) is 2.56. The van der Waals surface area contributed by atoms with Crippen molar-refractivity contribution in [3.05, 3.63) is 53.1 Å². The SMILES string of the molecule is COc1cc(OC)c(NC(=O)NCCc2ccccc2)cc1Cl. The van der Waals surface area contributed by atoms with E-state index in [9.17, 15) is 4.79 Å². The molecule has 5 nitrogen and oxygen atoms in total. The molecule has 2 aromatic rings. The first-order chi connectivity index (χ1) is 11.1. The van der Waals surface area contributed by atoms with E-state index in [1.54, 1.807) is 12.1 Å². The van der Waals surface area contributed by atoms with Gasteiger partial charge in [-0.05, 0) is 18.1 Å². The van der Waals surface area contributed by atoms with E-state index >= 15 is 0 Å². The molecule has 6 heteroatoms. The molecular weight excluding hydrogens is 316 g/mol. The molecular formula is C17H19ClN2O3. The highest BCUT2D eigenvalue weighted by atomic mass is 35.5. The maximum Gasteiger partial charge on any atom is 0.319 e. The normalized spacial score (nSPS) is 10.0. The number of hydrogen-bond acceptors (Lipinski definition) is 3. The number of benzene rings is 2. The smallest absolute Gasteiger partial charge is 0.319 e.